The smallest absolute Gasteiger partial charge is 0.0939 e. The molecule has 3 radical (unpaired) electrons. The summed E-state index contributed by atoms with van der Waals surface area (Å²) in [5.41, 5.74) is 0. The Balaban J connectivity index is 3.91. The van der Waals surface area contributed by atoms with Gasteiger partial charge in [0, 0.05) is 26.4 Å². The molecule has 0 atom stereocenters. The van der Waals surface area contributed by atoms with Crippen molar-refractivity contribution >= 4 is 40.5 Å². The highest BCUT2D eigenvalue weighted by Crippen LogP contribution is 2.21. The van der Waals surface area contributed by atoms with Crippen molar-refractivity contribution < 1.29 is 0 Å². The molecular weight excluding hydrogens is 472 g/mol. The van der Waals surface area contributed by atoms with E-state index in [1.54, 1.807) is 35.1 Å². The van der Waals surface area contributed by atoms with Crippen molar-refractivity contribution in [2.45, 2.75) is 189 Å². The highest BCUT2D eigenvalue weighted by molar-refractivity contribution is 6.58. The summed E-state index contributed by atoms with van der Waals surface area (Å²) in [7, 11) is 0.0676. The van der Waals surface area contributed by atoms with Crippen LogP contribution in [-0.2, 0) is 0 Å². The fraction of sp³-hybridized carbons (Fsp3) is 1.00. The molecule has 0 heterocycles. The molecule has 0 aromatic carbocycles. The van der Waals surface area contributed by atoms with Gasteiger partial charge in [-0.15, -0.1) is 0 Å². The third-order valence-electron chi connectivity index (χ3n) is 7.62. The Bertz CT molecular complexity index is 330. The van der Waals surface area contributed by atoms with E-state index in [0.29, 0.717) is 0 Å². The van der Waals surface area contributed by atoms with Gasteiger partial charge in [0.05, 0.1) is 0 Å². The lowest BCUT2D eigenvalue weighted by Gasteiger charge is -2.12. The first-order chi connectivity index (χ1) is 16.4. The molecule has 0 aliphatic rings. The molecule has 34 heavy (non-hydrogen) atoms. The average Bonchev–Trinajstić information content (AvgIpc) is 2.77. The molecule has 0 aliphatic heterocycles. The van der Waals surface area contributed by atoms with Crippen LogP contribution in [0.25, 0.3) is 0 Å². The molecule has 0 rings (SSSR count). The monoisotopic (exact) mass is 537 g/mol. The van der Waals surface area contributed by atoms with Crippen molar-refractivity contribution in [1.82, 2.24) is 0 Å². The summed E-state index contributed by atoms with van der Waals surface area (Å²) in [6.07, 6.45) is 27.5. The third-order valence-corrected chi connectivity index (χ3v) is 15.4. The van der Waals surface area contributed by atoms with E-state index >= 15 is 0 Å². The van der Waals surface area contributed by atoms with Gasteiger partial charge in [-0.25, -0.2) is 0 Å². The standard InChI is InChI=1S/3C10H22Si.Al/c3*1-4-5-6-7-8-9-10-11(2)3;/h3*1,4-10H2,2-3H3;. The molecule has 4 heteroatoms. The van der Waals surface area contributed by atoms with Gasteiger partial charge in [0.15, 0.2) is 0 Å². The lowest BCUT2D eigenvalue weighted by atomic mass is 10.1. The first-order valence-electron chi connectivity index (χ1n) is 15.8. The Kier molecular flexibility index (Phi) is 28.2. The van der Waals surface area contributed by atoms with E-state index in [2.05, 4.69) is 39.3 Å². The summed E-state index contributed by atoms with van der Waals surface area (Å²) < 4.78 is 0. The highest BCUT2D eigenvalue weighted by Gasteiger charge is 2.15. The van der Waals surface area contributed by atoms with Crippen LogP contribution in [0.5, 0.6) is 0 Å². The third kappa shape index (κ3) is 29.4. The molecule has 0 saturated heterocycles. The van der Waals surface area contributed by atoms with E-state index in [9.17, 15) is 0 Å². The van der Waals surface area contributed by atoms with E-state index in [-0.39, 0.29) is 26.4 Å². The van der Waals surface area contributed by atoms with Gasteiger partial charge in [-0.2, -0.15) is 0 Å². The van der Waals surface area contributed by atoms with E-state index in [0.717, 1.165) is 0 Å². The number of hydrogen-bond acceptors (Lipinski definition) is 0. The van der Waals surface area contributed by atoms with Crippen LogP contribution in [0.3, 0.4) is 0 Å². The van der Waals surface area contributed by atoms with Gasteiger partial charge in [0.1, 0.15) is 0 Å². The Morgan fingerprint density at radius 2 is 0.500 bits per heavy atom. The molecule has 0 aromatic rings. The number of rotatable bonds is 27. The normalized spacial score (nSPS) is 11.9. The zero-order chi connectivity index (χ0) is 25.3. The second kappa shape index (κ2) is 27.2. The topological polar surface area (TPSA) is 0 Å². The van der Waals surface area contributed by atoms with Gasteiger partial charge in [-0.1, -0.05) is 189 Å². The van der Waals surface area contributed by atoms with Gasteiger partial charge < -0.3 is 0 Å². The Morgan fingerprint density at radius 3 is 0.735 bits per heavy atom. The zero-order valence-electron chi connectivity index (χ0n) is 25.0. The second-order valence-electron chi connectivity index (χ2n) is 12.5. The maximum atomic E-state index is 2.47. The molecule has 0 saturated carbocycles. The lowest BCUT2D eigenvalue weighted by Crippen LogP contribution is -2.12. The predicted octanol–water partition coefficient (Wildman–Crippen LogP) is 11.8. The molecule has 201 valence electrons. The predicted molar refractivity (Wildman–Crippen MR) is 170 cm³/mol. The summed E-state index contributed by atoms with van der Waals surface area (Å²) in [6, 6.07) is 4.62. The molecule has 0 nitrogen and oxygen atoms in total. The summed E-state index contributed by atoms with van der Waals surface area (Å²) in [6.45, 7) is 14.8. The Labute approximate surface area is 228 Å². The quantitative estimate of drug-likeness (QED) is 0.0721. The molecule has 0 unspecified atom stereocenters. The minimum atomic E-state index is -0.457. The fourth-order valence-corrected chi connectivity index (χ4v) is 11.6. The molecule has 0 aromatic heterocycles. The lowest BCUT2D eigenvalue weighted by molar-refractivity contribution is 0.609. The Hall–Kier alpha value is 1.18. The van der Waals surface area contributed by atoms with Crippen molar-refractivity contribution in [2.75, 3.05) is 0 Å². The summed E-state index contributed by atoms with van der Waals surface area (Å²) in [5, 5.41) is 5.02. The number of hydrogen-bond donors (Lipinski definition) is 0. The summed E-state index contributed by atoms with van der Waals surface area (Å²) in [4.78, 5) is 0. The highest BCUT2D eigenvalue weighted by atomic mass is 28.3. The SMILES string of the molecule is C[Si](C)CCCCCCC[CH2][Al]([CH2]CCCCCCC[Si](C)C)[CH2]CCCCCCC[Si](C)C. The molecule has 0 N–H and O–H groups in total. The maximum absolute atomic E-state index is 2.47. The minimum absolute atomic E-state index is 0.0225. The largest absolute Gasteiger partial charge is 0.261 e. The van der Waals surface area contributed by atoms with E-state index in [1.165, 1.54) is 114 Å². The van der Waals surface area contributed by atoms with Gasteiger partial charge >= 0.3 is 0 Å². The van der Waals surface area contributed by atoms with Crippen LogP contribution >= 0.6 is 0 Å². The molecule has 0 amide bonds. The number of unbranched alkanes of at least 4 members (excludes halogenated alkanes) is 15. The van der Waals surface area contributed by atoms with E-state index < -0.39 is 14.1 Å². The van der Waals surface area contributed by atoms with Crippen molar-refractivity contribution in [3.8, 4) is 0 Å². The molecular formula is C30H66AlSi3. The second-order valence-corrected chi connectivity index (χ2v) is 24.7. The van der Waals surface area contributed by atoms with Crippen LogP contribution in [0.1, 0.15) is 116 Å². The first kappa shape index (κ1) is 35.2. The van der Waals surface area contributed by atoms with Crippen molar-refractivity contribution in [3.63, 3.8) is 0 Å². The van der Waals surface area contributed by atoms with Gasteiger partial charge in [-0.3, -0.25) is 0 Å². The minimum Gasteiger partial charge on any atom is -0.0939 e. The van der Waals surface area contributed by atoms with Crippen molar-refractivity contribution in [3.05, 3.63) is 0 Å². The van der Waals surface area contributed by atoms with Crippen molar-refractivity contribution in [1.29, 1.82) is 0 Å². The fourth-order valence-electron chi connectivity index (χ4n) is 5.29. The van der Waals surface area contributed by atoms with Gasteiger partial charge in [-0.05, 0) is 0 Å². The van der Waals surface area contributed by atoms with Crippen LogP contribution in [0.2, 0.25) is 73.3 Å². The molecule has 0 aliphatic carbocycles. The van der Waals surface area contributed by atoms with Crippen LogP contribution in [0.15, 0.2) is 0 Å². The van der Waals surface area contributed by atoms with Gasteiger partial charge in [0.25, 0.3) is 14.1 Å². The van der Waals surface area contributed by atoms with Crippen LogP contribution in [0.4, 0.5) is 0 Å². The van der Waals surface area contributed by atoms with Crippen molar-refractivity contribution in [2.24, 2.45) is 0 Å². The van der Waals surface area contributed by atoms with Crippen LogP contribution in [0, 0.1) is 0 Å². The summed E-state index contributed by atoms with van der Waals surface area (Å²) in [5.74, 6) is 0. The van der Waals surface area contributed by atoms with Gasteiger partial charge in [0.2, 0.25) is 0 Å². The molecule has 0 spiro atoms. The maximum Gasteiger partial charge on any atom is 0.261 e. The average molecular weight is 538 g/mol. The zero-order valence-corrected chi connectivity index (χ0v) is 29.2. The Morgan fingerprint density at radius 1 is 0.294 bits per heavy atom. The molecule has 0 bridgehead atoms. The molecule has 0 fully saturated rings. The van der Waals surface area contributed by atoms with E-state index in [1.807, 2.05) is 0 Å². The van der Waals surface area contributed by atoms with E-state index in [4.69, 9.17) is 0 Å². The summed E-state index contributed by atoms with van der Waals surface area (Å²) >= 11 is -0.457. The van der Waals surface area contributed by atoms with Crippen LogP contribution in [-0.4, -0.2) is 40.5 Å². The first-order valence-corrected chi connectivity index (χ1v) is 26.4. The van der Waals surface area contributed by atoms with Crippen LogP contribution < -0.4 is 0 Å².